The number of benzene rings is 1. The summed E-state index contributed by atoms with van der Waals surface area (Å²) < 4.78 is 5.21. The van der Waals surface area contributed by atoms with Crippen LogP contribution < -0.4 is 10.1 Å². The summed E-state index contributed by atoms with van der Waals surface area (Å²) in [4.78, 5) is 6.90. The molecule has 26 heavy (non-hydrogen) atoms. The van der Waals surface area contributed by atoms with Crippen LogP contribution in [0.1, 0.15) is 30.2 Å². The van der Waals surface area contributed by atoms with Crippen molar-refractivity contribution in [2.75, 3.05) is 27.2 Å². The maximum Gasteiger partial charge on any atom is 0.193 e. The van der Waals surface area contributed by atoms with E-state index in [0.717, 1.165) is 49.9 Å². The number of aromatic nitrogens is 2. The molecule has 2 N–H and O–H groups in total. The van der Waals surface area contributed by atoms with Crippen LogP contribution in [0, 0.1) is 6.92 Å². The SMILES string of the molecule is CCNC(=NCCCc1cn[nH]c1C)N(C)Cc1ccc(OC)cc1.I. The minimum absolute atomic E-state index is 0. The van der Waals surface area contributed by atoms with Crippen LogP contribution in [0.4, 0.5) is 0 Å². The fourth-order valence-electron chi connectivity index (χ4n) is 2.63. The average Bonchev–Trinajstić information content (AvgIpc) is 3.03. The first-order chi connectivity index (χ1) is 12.1. The molecule has 1 aromatic heterocycles. The Kier molecular flexibility index (Phi) is 10.1. The maximum absolute atomic E-state index is 5.21. The van der Waals surface area contributed by atoms with Crippen molar-refractivity contribution in [1.29, 1.82) is 0 Å². The third kappa shape index (κ3) is 6.86. The molecule has 0 amide bonds. The number of halogens is 1. The van der Waals surface area contributed by atoms with Gasteiger partial charge in [0.2, 0.25) is 0 Å². The quantitative estimate of drug-likeness (QED) is 0.268. The molecule has 0 radical (unpaired) electrons. The number of nitrogens with zero attached hydrogens (tertiary/aromatic N) is 3. The lowest BCUT2D eigenvalue weighted by Gasteiger charge is -2.22. The standard InChI is InChI=1S/C19H29N5O.HI/c1-5-20-19(21-12-6-7-17-13-22-23-15(17)2)24(3)14-16-8-10-18(25-4)11-9-16;/h8-11,13H,5-7,12,14H2,1-4H3,(H,20,21)(H,22,23);1H. The van der Waals surface area contributed by atoms with Crippen LogP contribution in [0.5, 0.6) is 5.75 Å². The van der Waals surface area contributed by atoms with E-state index in [1.54, 1.807) is 7.11 Å². The summed E-state index contributed by atoms with van der Waals surface area (Å²) in [7, 11) is 3.74. The van der Waals surface area contributed by atoms with E-state index in [2.05, 4.69) is 53.4 Å². The number of aromatic amines is 1. The van der Waals surface area contributed by atoms with Gasteiger partial charge in [0, 0.05) is 32.4 Å². The molecule has 0 unspecified atom stereocenters. The molecule has 0 bridgehead atoms. The summed E-state index contributed by atoms with van der Waals surface area (Å²) >= 11 is 0. The third-order valence-electron chi connectivity index (χ3n) is 4.08. The number of aliphatic imine (C=N–C) groups is 1. The summed E-state index contributed by atoms with van der Waals surface area (Å²) in [6, 6.07) is 8.14. The van der Waals surface area contributed by atoms with Crippen molar-refractivity contribution in [1.82, 2.24) is 20.4 Å². The summed E-state index contributed by atoms with van der Waals surface area (Å²) in [5.41, 5.74) is 3.64. The Labute approximate surface area is 173 Å². The van der Waals surface area contributed by atoms with Crippen molar-refractivity contribution in [3.63, 3.8) is 0 Å². The van der Waals surface area contributed by atoms with Crippen LogP contribution in [0.15, 0.2) is 35.5 Å². The summed E-state index contributed by atoms with van der Waals surface area (Å²) in [6.07, 6.45) is 3.90. The number of nitrogens with one attached hydrogen (secondary N) is 2. The van der Waals surface area contributed by atoms with Crippen molar-refractivity contribution in [3.05, 3.63) is 47.3 Å². The molecule has 0 saturated heterocycles. The molecule has 7 heteroatoms. The molecule has 144 valence electrons. The normalized spacial score (nSPS) is 11.0. The predicted octanol–water partition coefficient (Wildman–Crippen LogP) is 3.37. The fraction of sp³-hybridized carbons (Fsp3) is 0.474. The van der Waals surface area contributed by atoms with Gasteiger partial charge in [-0.2, -0.15) is 5.10 Å². The van der Waals surface area contributed by atoms with E-state index in [1.807, 2.05) is 18.3 Å². The van der Waals surface area contributed by atoms with Crippen molar-refractivity contribution < 1.29 is 4.74 Å². The number of aryl methyl sites for hydroxylation is 2. The first kappa shape index (κ1) is 22.3. The van der Waals surface area contributed by atoms with E-state index >= 15 is 0 Å². The maximum atomic E-state index is 5.21. The van der Waals surface area contributed by atoms with Crippen LogP contribution in [-0.2, 0) is 13.0 Å². The molecule has 2 rings (SSSR count). The van der Waals surface area contributed by atoms with Gasteiger partial charge in [-0.1, -0.05) is 12.1 Å². The van der Waals surface area contributed by atoms with Gasteiger partial charge in [-0.25, -0.2) is 0 Å². The lowest BCUT2D eigenvalue weighted by atomic mass is 10.1. The Morgan fingerprint density at radius 1 is 1.31 bits per heavy atom. The van der Waals surface area contributed by atoms with Gasteiger partial charge in [-0.15, -0.1) is 24.0 Å². The number of H-pyrrole nitrogens is 1. The Morgan fingerprint density at radius 3 is 2.62 bits per heavy atom. The molecule has 1 heterocycles. The second-order valence-corrected chi connectivity index (χ2v) is 6.06. The van der Waals surface area contributed by atoms with Gasteiger partial charge >= 0.3 is 0 Å². The molecule has 1 aromatic carbocycles. The highest BCUT2D eigenvalue weighted by Crippen LogP contribution is 2.12. The molecule has 2 aromatic rings. The minimum atomic E-state index is 0. The number of ether oxygens (including phenoxy) is 1. The summed E-state index contributed by atoms with van der Waals surface area (Å²) in [5.74, 6) is 1.81. The smallest absolute Gasteiger partial charge is 0.193 e. The zero-order valence-electron chi connectivity index (χ0n) is 16.1. The number of methoxy groups -OCH3 is 1. The van der Waals surface area contributed by atoms with Crippen LogP contribution in [0.25, 0.3) is 0 Å². The van der Waals surface area contributed by atoms with E-state index in [4.69, 9.17) is 9.73 Å². The van der Waals surface area contributed by atoms with Gasteiger partial charge in [0.05, 0.1) is 13.3 Å². The Morgan fingerprint density at radius 2 is 2.04 bits per heavy atom. The topological polar surface area (TPSA) is 65.5 Å². The van der Waals surface area contributed by atoms with Crippen LogP contribution in [0.3, 0.4) is 0 Å². The largest absolute Gasteiger partial charge is 0.497 e. The van der Waals surface area contributed by atoms with Crippen molar-refractivity contribution in [3.8, 4) is 5.75 Å². The highest BCUT2D eigenvalue weighted by Gasteiger charge is 2.07. The van der Waals surface area contributed by atoms with Crippen LogP contribution >= 0.6 is 24.0 Å². The molecule has 0 aliphatic heterocycles. The number of rotatable bonds is 8. The van der Waals surface area contributed by atoms with E-state index in [9.17, 15) is 0 Å². The van der Waals surface area contributed by atoms with Crippen molar-refractivity contribution in [2.24, 2.45) is 4.99 Å². The minimum Gasteiger partial charge on any atom is -0.497 e. The molecular weight excluding hydrogens is 441 g/mol. The monoisotopic (exact) mass is 471 g/mol. The Hall–Kier alpha value is -1.77. The first-order valence-corrected chi connectivity index (χ1v) is 8.75. The van der Waals surface area contributed by atoms with E-state index in [1.165, 1.54) is 11.1 Å². The first-order valence-electron chi connectivity index (χ1n) is 8.75. The molecule has 0 aliphatic carbocycles. The fourth-order valence-corrected chi connectivity index (χ4v) is 2.63. The molecule has 0 saturated carbocycles. The number of hydrogen-bond donors (Lipinski definition) is 2. The van der Waals surface area contributed by atoms with Crippen molar-refractivity contribution in [2.45, 2.75) is 33.2 Å². The predicted molar refractivity (Wildman–Crippen MR) is 118 cm³/mol. The molecule has 0 atom stereocenters. The molecule has 0 spiro atoms. The molecule has 6 nitrogen and oxygen atoms in total. The van der Waals surface area contributed by atoms with Crippen molar-refractivity contribution >= 4 is 29.9 Å². The lowest BCUT2D eigenvalue weighted by Crippen LogP contribution is -2.38. The number of hydrogen-bond acceptors (Lipinski definition) is 3. The van der Waals surface area contributed by atoms with E-state index < -0.39 is 0 Å². The lowest BCUT2D eigenvalue weighted by molar-refractivity contribution is 0.414. The van der Waals surface area contributed by atoms with E-state index in [0.29, 0.717) is 0 Å². The summed E-state index contributed by atoms with van der Waals surface area (Å²) in [5, 5.41) is 10.4. The van der Waals surface area contributed by atoms with Crippen LogP contribution in [-0.4, -0.2) is 48.3 Å². The van der Waals surface area contributed by atoms with Gasteiger partial charge in [0.1, 0.15) is 5.75 Å². The van der Waals surface area contributed by atoms with E-state index in [-0.39, 0.29) is 24.0 Å². The number of guanidine groups is 1. The van der Waals surface area contributed by atoms with Crippen LogP contribution in [0.2, 0.25) is 0 Å². The highest BCUT2D eigenvalue weighted by atomic mass is 127. The zero-order valence-corrected chi connectivity index (χ0v) is 18.4. The molecular formula is C19H30IN5O. The average molecular weight is 471 g/mol. The highest BCUT2D eigenvalue weighted by molar-refractivity contribution is 14.0. The summed E-state index contributed by atoms with van der Waals surface area (Å²) in [6.45, 7) is 6.59. The van der Waals surface area contributed by atoms with Gasteiger partial charge in [-0.05, 0) is 49.9 Å². The van der Waals surface area contributed by atoms with Gasteiger partial charge in [-0.3, -0.25) is 10.1 Å². The second-order valence-electron chi connectivity index (χ2n) is 6.06. The molecule has 0 fully saturated rings. The zero-order chi connectivity index (χ0) is 18.1. The van der Waals surface area contributed by atoms with Gasteiger partial charge in [0.15, 0.2) is 5.96 Å². The third-order valence-corrected chi connectivity index (χ3v) is 4.08. The van der Waals surface area contributed by atoms with Gasteiger partial charge < -0.3 is 15.0 Å². The Balaban J connectivity index is 0.00000338. The Bertz CT molecular complexity index is 669. The second kappa shape index (κ2) is 11.8. The molecule has 0 aliphatic rings. The van der Waals surface area contributed by atoms with Gasteiger partial charge in [0.25, 0.3) is 0 Å².